The van der Waals surface area contributed by atoms with E-state index in [-0.39, 0.29) is 5.91 Å². The Balaban J connectivity index is 1.56. The van der Waals surface area contributed by atoms with E-state index in [9.17, 15) is 4.79 Å². The summed E-state index contributed by atoms with van der Waals surface area (Å²) in [5.74, 6) is 0.302. The fraction of sp³-hybridized carbons (Fsp3) is 0.0833. The number of hydrogen-bond acceptors (Lipinski definition) is 3. The molecule has 31 heavy (non-hydrogen) atoms. The second-order valence-corrected chi connectivity index (χ2v) is 7.72. The van der Waals surface area contributed by atoms with Gasteiger partial charge in [0.15, 0.2) is 0 Å². The van der Waals surface area contributed by atoms with Crippen LogP contribution in [0.15, 0.2) is 78.0 Å². The molecule has 156 valence electrons. The molecule has 7 heteroatoms. The summed E-state index contributed by atoms with van der Waals surface area (Å²) in [6, 6.07) is 20.5. The molecule has 1 N–H and O–H groups in total. The predicted molar refractivity (Wildman–Crippen MR) is 126 cm³/mol. The number of carbonyl (C=O) groups excluding carboxylic acids is 1. The van der Waals surface area contributed by atoms with Crippen molar-refractivity contribution in [3.8, 4) is 5.75 Å². The summed E-state index contributed by atoms with van der Waals surface area (Å²) in [6.45, 7) is 0.626. The second kappa shape index (κ2) is 9.25. The van der Waals surface area contributed by atoms with E-state index in [1.54, 1.807) is 43.7 Å². The average Bonchev–Trinajstić information content (AvgIpc) is 3.13. The van der Waals surface area contributed by atoms with E-state index < -0.39 is 0 Å². The summed E-state index contributed by atoms with van der Waals surface area (Å²) in [4.78, 5) is 12.4. The smallest absolute Gasteiger partial charge is 0.271 e. The highest BCUT2D eigenvalue weighted by Gasteiger charge is 2.09. The maximum absolute atomic E-state index is 12.4. The van der Waals surface area contributed by atoms with E-state index in [1.165, 1.54) is 0 Å². The van der Waals surface area contributed by atoms with E-state index >= 15 is 0 Å². The third-order valence-corrected chi connectivity index (χ3v) is 5.60. The maximum Gasteiger partial charge on any atom is 0.271 e. The molecular weight excluding hydrogens is 433 g/mol. The van der Waals surface area contributed by atoms with Gasteiger partial charge in [0, 0.05) is 34.8 Å². The lowest BCUT2D eigenvalue weighted by molar-refractivity contribution is 0.0955. The van der Waals surface area contributed by atoms with E-state index in [1.807, 2.05) is 42.6 Å². The van der Waals surface area contributed by atoms with Crippen LogP contribution in [0.3, 0.4) is 0 Å². The van der Waals surface area contributed by atoms with Gasteiger partial charge in [-0.05, 0) is 42.0 Å². The third kappa shape index (κ3) is 4.74. The number of amides is 1. The highest BCUT2D eigenvalue weighted by atomic mass is 35.5. The summed E-state index contributed by atoms with van der Waals surface area (Å²) in [6.07, 6.45) is 3.64. The Labute approximate surface area is 189 Å². The zero-order chi connectivity index (χ0) is 21.8. The molecule has 0 unspecified atom stereocenters. The minimum Gasteiger partial charge on any atom is -0.497 e. The highest BCUT2D eigenvalue weighted by Crippen LogP contribution is 2.25. The Morgan fingerprint density at radius 1 is 1.06 bits per heavy atom. The van der Waals surface area contributed by atoms with Crippen molar-refractivity contribution >= 4 is 46.2 Å². The Morgan fingerprint density at radius 3 is 2.71 bits per heavy atom. The van der Waals surface area contributed by atoms with Crippen LogP contribution >= 0.6 is 23.2 Å². The van der Waals surface area contributed by atoms with Crippen LogP contribution in [0, 0.1) is 0 Å². The Kier molecular flexibility index (Phi) is 6.26. The van der Waals surface area contributed by atoms with Gasteiger partial charge in [0.1, 0.15) is 5.75 Å². The number of nitrogens with one attached hydrogen (secondary N) is 1. The number of fused-ring (bicyclic) bond motifs is 1. The molecule has 1 aromatic heterocycles. The highest BCUT2D eigenvalue weighted by molar-refractivity contribution is 6.42. The number of benzene rings is 3. The fourth-order valence-electron chi connectivity index (χ4n) is 3.33. The molecule has 0 bridgehead atoms. The number of ether oxygens (including phenoxy) is 1. The molecule has 1 amide bonds. The Morgan fingerprint density at radius 2 is 1.90 bits per heavy atom. The molecule has 0 saturated carbocycles. The maximum atomic E-state index is 12.4. The minimum atomic E-state index is -0.310. The molecule has 0 spiro atoms. The molecule has 0 aliphatic rings. The van der Waals surface area contributed by atoms with Crippen molar-refractivity contribution < 1.29 is 9.53 Å². The first kappa shape index (κ1) is 21.0. The Bertz CT molecular complexity index is 1280. The molecule has 0 fully saturated rings. The second-order valence-electron chi connectivity index (χ2n) is 6.91. The molecule has 0 aliphatic heterocycles. The van der Waals surface area contributed by atoms with Crippen LogP contribution in [-0.4, -0.2) is 23.8 Å². The first-order chi connectivity index (χ1) is 15.0. The fourth-order valence-corrected chi connectivity index (χ4v) is 3.65. The first-order valence-electron chi connectivity index (χ1n) is 9.54. The summed E-state index contributed by atoms with van der Waals surface area (Å²) < 4.78 is 7.27. The van der Waals surface area contributed by atoms with Crippen molar-refractivity contribution in [3.63, 3.8) is 0 Å². The summed E-state index contributed by atoms with van der Waals surface area (Å²) >= 11 is 12.2. The Hall–Kier alpha value is -3.28. The number of nitrogens with zero attached hydrogens (tertiary/aromatic N) is 2. The molecule has 0 aliphatic carbocycles. The quantitative estimate of drug-likeness (QED) is 0.298. The van der Waals surface area contributed by atoms with Gasteiger partial charge in [0.25, 0.3) is 5.91 Å². The van der Waals surface area contributed by atoms with Crippen molar-refractivity contribution in [2.24, 2.45) is 5.10 Å². The number of para-hydroxylation sites is 1. The summed E-state index contributed by atoms with van der Waals surface area (Å²) in [7, 11) is 1.56. The van der Waals surface area contributed by atoms with Gasteiger partial charge in [-0.15, -0.1) is 0 Å². The van der Waals surface area contributed by atoms with Gasteiger partial charge in [-0.1, -0.05) is 53.5 Å². The molecule has 1 heterocycles. The number of carbonyl (C=O) groups is 1. The van der Waals surface area contributed by atoms with Crippen LogP contribution in [0.1, 0.15) is 21.5 Å². The van der Waals surface area contributed by atoms with Crippen LogP contribution in [0.25, 0.3) is 10.9 Å². The molecule has 3 aromatic carbocycles. The van der Waals surface area contributed by atoms with E-state index in [0.29, 0.717) is 27.9 Å². The van der Waals surface area contributed by atoms with Crippen molar-refractivity contribution in [2.45, 2.75) is 6.54 Å². The number of methoxy groups -OCH3 is 1. The standard InChI is InChI=1S/C24H19Cl2N3O2/c1-31-19-6-4-5-17(12-19)24(30)28-27-13-18-15-29(23-8-3-2-7-20(18)23)14-16-9-10-21(25)22(26)11-16/h2-13,15H,14H2,1H3,(H,28,30)/b27-13-. The van der Waals surface area contributed by atoms with Crippen LogP contribution < -0.4 is 10.2 Å². The van der Waals surface area contributed by atoms with Crippen molar-refractivity contribution in [1.82, 2.24) is 9.99 Å². The van der Waals surface area contributed by atoms with E-state index in [4.69, 9.17) is 27.9 Å². The van der Waals surface area contributed by atoms with Crippen LogP contribution in [0.4, 0.5) is 0 Å². The summed E-state index contributed by atoms with van der Waals surface area (Å²) in [5.41, 5.74) is 6.01. The van der Waals surface area contributed by atoms with Crippen LogP contribution in [0.5, 0.6) is 5.75 Å². The molecule has 4 aromatic rings. The molecular formula is C24H19Cl2N3O2. The normalized spacial score (nSPS) is 11.2. The lowest BCUT2D eigenvalue weighted by Crippen LogP contribution is -2.17. The van der Waals surface area contributed by atoms with Gasteiger partial charge in [0.2, 0.25) is 0 Å². The lowest BCUT2D eigenvalue weighted by atomic mass is 10.2. The van der Waals surface area contributed by atoms with Crippen molar-refractivity contribution in [1.29, 1.82) is 0 Å². The SMILES string of the molecule is COc1cccc(C(=O)N/N=C\c2cn(Cc3ccc(Cl)c(Cl)c3)c3ccccc23)c1. The number of hydrazone groups is 1. The summed E-state index contributed by atoms with van der Waals surface area (Å²) in [5, 5.41) is 6.24. The average molecular weight is 452 g/mol. The molecule has 0 saturated heterocycles. The van der Waals surface area contributed by atoms with Gasteiger partial charge in [-0.25, -0.2) is 5.43 Å². The molecule has 4 rings (SSSR count). The largest absolute Gasteiger partial charge is 0.497 e. The lowest BCUT2D eigenvalue weighted by Gasteiger charge is -2.06. The topological polar surface area (TPSA) is 55.6 Å². The van der Waals surface area contributed by atoms with E-state index in [2.05, 4.69) is 15.1 Å². The van der Waals surface area contributed by atoms with Crippen molar-refractivity contribution in [3.05, 3.63) is 99.7 Å². The minimum absolute atomic E-state index is 0.310. The van der Waals surface area contributed by atoms with Gasteiger partial charge >= 0.3 is 0 Å². The van der Waals surface area contributed by atoms with Crippen molar-refractivity contribution in [2.75, 3.05) is 7.11 Å². The van der Waals surface area contributed by atoms with Gasteiger partial charge in [-0.3, -0.25) is 4.79 Å². The number of halogens is 2. The van der Waals surface area contributed by atoms with Crippen LogP contribution in [0.2, 0.25) is 10.0 Å². The van der Waals surface area contributed by atoms with E-state index in [0.717, 1.165) is 22.0 Å². The predicted octanol–water partition coefficient (Wildman–Crippen LogP) is 5.77. The molecule has 0 radical (unpaired) electrons. The monoisotopic (exact) mass is 451 g/mol. The number of aromatic nitrogens is 1. The van der Waals surface area contributed by atoms with Gasteiger partial charge in [-0.2, -0.15) is 5.10 Å². The van der Waals surface area contributed by atoms with Crippen LogP contribution in [-0.2, 0) is 6.54 Å². The van der Waals surface area contributed by atoms with Gasteiger partial charge < -0.3 is 9.30 Å². The number of hydrogen-bond donors (Lipinski definition) is 1. The number of rotatable bonds is 6. The first-order valence-corrected chi connectivity index (χ1v) is 10.3. The third-order valence-electron chi connectivity index (χ3n) is 4.86. The van der Waals surface area contributed by atoms with Gasteiger partial charge in [0.05, 0.1) is 23.4 Å². The zero-order valence-corrected chi connectivity index (χ0v) is 18.2. The molecule has 0 atom stereocenters. The zero-order valence-electron chi connectivity index (χ0n) is 16.7. The molecule has 5 nitrogen and oxygen atoms in total.